The molecule has 0 heterocycles. The first-order valence-corrected chi connectivity index (χ1v) is 5.69. The van der Waals surface area contributed by atoms with Crippen LogP contribution in [0.25, 0.3) is 0 Å². The molecule has 1 saturated carbocycles. The first-order chi connectivity index (χ1) is 7.58. The van der Waals surface area contributed by atoms with Crippen molar-refractivity contribution in [2.24, 2.45) is 5.92 Å². The van der Waals surface area contributed by atoms with E-state index in [1.807, 2.05) is 26.1 Å². The second-order valence-electron chi connectivity index (χ2n) is 4.70. The molecule has 2 rings (SSSR count). The summed E-state index contributed by atoms with van der Waals surface area (Å²) in [7, 11) is 1.86. The molecule has 3 heteroatoms. The van der Waals surface area contributed by atoms with E-state index in [4.69, 9.17) is 5.73 Å². The van der Waals surface area contributed by atoms with Crippen molar-refractivity contribution in [2.45, 2.75) is 19.8 Å². The van der Waals surface area contributed by atoms with E-state index in [0.29, 0.717) is 11.3 Å². The summed E-state index contributed by atoms with van der Waals surface area (Å²) in [6.07, 6.45) is 2.52. The monoisotopic (exact) mass is 218 g/mol. The highest BCUT2D eigenvalue weighted by atomic mass is 16.2. The van der Waals surface area contributed by atoms with Crippen molar-refractivity contribution in [1.29, 1.82) is 0 Å². The molecule has 0 bridgehead atoms. The van der Waals surface area contributed by atoms with Gasteiger partial charge in [-0.15, -0.1) is 0 Å². The van der Waals surface area contributed by atoms with Crippen molar-refractivity contribution >= 4 is 11.6 Å². The van der Waals surface area contributed by atoms with E-state index in [-0.39, 0.29) is 5.91 Å². The zero-order chi connectivity index (χ0) is 11.7. The third kappa shape index (κ3) is 2.35. The Morgan fingerprint density at radius 1 is 1.50 bits per heavy atom. The zero-order valence-corrected chi connectivity index (χ0v) is 9.86. The third-order valence-electron chi connectivity index (χ3n) is 3.10. The van der Waals surface area contributed by atoms with Gasteiger partial charge in [0.1, 0.15) is 0 Å². The van der Waals surface area contributed by atoms with Crippen LogP contribution < -0.4 is 5.73 Å². The van der Waals surface area contributed by atoms with Gasteiger partial charge in [0, 0.05) is 24.8 Å². The number of hydrogen-bond acceptors (Lipinski definition) is 2. The topological polar surface area (TPSA) is 46.3 Å². The molecule has 0 saturated heterocycles. The van der Waals surface area contributed by atoms with Gasteiger partial charge in [-0.2, -0.15) is 0 Å². The number of carbonyl (C=O) groups excluding carboxylic acids is 1. The maximum absolute atomic E-state index is 12.0. The van der Waals surface area contributed by atoms with Gasteiger partial charge >= 0.3 is 0 Å². The second kappa shape index (κ2) is 4.16. The molecule has 0 aliphatic heterocycles. The average molecular weight is 218 g/mol. The maximum Gasteiger partial charge on any atom is 0.253 e. The molecule has 1 amide bonds. The number of rotatable bonds is 3. The fourth-order valence-electron chi connectivity index (χ4n) is 1.76. The smallest absolute Gasteiger partial charge is 0.253 e. The van der Waals surface area contributed by atoms with E-state index >= 15 is 0 Å². The molecule has 2 N–H and O–H groups in total. The minimum absolute atomic E-state index is 0.0681. The Morgan fingerprint density at radius 3 is 2.75 bits per heavy atom. The van der Waals surface area contributed by atoms with E-state index < -0.39 is 0 Å². The molecule has 0 atom stereocenters. The molecule has 86 valence electrons. The quantitative estimate of drug-likeness (QED) is 0.789. The van der Waals surface area contributed by atoms with Gasteiger partial charge < -0.3 is 10.6 Å². The molecule has 0 aromatic heterocycles. The minimum atomic E-state index is 0.0681. The first-order valence-electron chi connectivity index (χ1n) is 5.69. The van der Waals surface area contributed by atoms with Gasteiger partial charge in [-0.3, -0.25) is 4.79 Å². The van der Waals surface area contributed by atoms with Crippen molar-refractivity contribution < 1.29 is 4.79 Å². The van der Waals surface area contributed by atoms with Gasteiger partial charge in [-0.1, -0.05) is 6.07 Å². The lowest BCUT2D eigenvalue weighted by atomic mass is 10.1. The molecule has 1 fully saturated rings. The predicted molar refractivity (Wildman–Crippen MR) is 65.3 cm³/mol. The van der Waals surface area contributed by atoms with E-state index in [9.17, 15) is 4.79 Å². The first kappa shape index (κ1) is 11.0. The lowest BCUT2D eigenvalue weighted by Gasteiger charge is -2.17. The fraction of sp³-hybridized carbons (Fsp3) is 0.462. The van der Waals surface area contributed by atoms with Crippen LogP contribution in [0, 0.1) is 12.8 Å². The summed E-state index contributed by atoms with van der Waals surface area (Å²) < 4.78 is 0. The second-order valence-corrected chi connectivity index (χ2v) is 4.70. The summed E-state index contributed by atoms with van der Waals surface area (Å²) >= 11 is 0. The van der Waals surface area contributed by atoms with Crippen molar-refractivity contribution in [3.05, 3.63) is 29.3 Å². The number of carbonyl (C=O) groups is 1. The van der Waals surface area contributed by atoms with Crippen LogP contribution in [-0.4, -0.2) is 24.4 Å². The molecule has 0 unspecified atom stereocenters. The predicted octanol–water partition coefficient (Wildman–Crippen LogP) is 2.06. The number of nitrogen functional groups attached to an aromatic ring is 1. The Kier molecular flexibility index (Phi) is 2.86. The van der Waals surface area contributed by atoms with Gasteiger partial charge in [0.05, 0.1) is 0 Å². The number of benzene rings is 1. The van der Waals surface area contributed by atoms with Crippen LogP contribution in [-0.2, 0) is 0 Å². The molecule has 1 aromatic rings. The number of aryl methyl sites for hydroxylation is 1. The van der Waals surface area contributed by atoms with Crippen LogP contribution in [0.4, 0.5) is 5.69 Å². The van der Waals surface area contributed by atoms with E-state index in [2.05, 4.69) is 0 Å². The van der Waals surface area contributed by atoms with E-state index in [1.165, 1.54) is 12.8 Å². The van der Waals surface area contributed by atoms with Gasteiger partial charge in [0.25, 0.3) is 5.91 Å². The van der Waals surface area contributed by atoms with Crippen LogP contribution in [0.3, 0.4) is 0 Å². The molecule has 0 radical (unpaired) electrons. The van der Waals surface area contributed by atoms with Crippen molar-refractivity contribution in [1.82, 2.24) is 4.90 Å². The average Bonchev–Trinajstić information content (AvgIpc) is 3.05. The molecule has 1 aromatic carbocycles. The molecular weight excluding hydrogens is 200 g/mol. The summed E-state index contributed by atoms with van der Waals surface area (Å²) in [4.78, 5) is 13.8. The number of anilines is 1. The Balaban J connectivity index is 2.09. The zero-order valence-electron chi connectivity index (χ0n) is 9.86. The van der Waals surface area contributed by atoms with Crippen LogP contribution in [0.5, 0.6) is 0 Å². The Morgan fingerprint density at radius 2 is 2.19 bits per heavy atom. The van der Waals surface area contributed by atoms with Crippen LogP contribution in [0.2, 0.25) is 0 Å². The number of hydrogen-bond donors (Lipinski definition) is 1. The van der Waals surface area contributed by atoms with Crippen LogP contribution in [0.1, 0.15) is 28.8 Å². The summed E-state index contributed by atoms with van der Waals surface area (Å²) in [5.41, 5.74) is 8.19. The summed E-state index contributed by atoms with van der Waals surface area (Å²) in [6, 6.07) is 5.51. The molecule has 1 aliphatic rings. The highest BCUT2D eigenvalue weighted by Gasteiger charge is 2.25. The fourth-order valence-corrected chi connectivity index (χ4v) is 1.76. The number of nitrogens with zero attached hydrogens (tertiary/aromatic N) is 1. The van der Waals surface area contributed by atoms with Crippen LogP contribution >= 0.6 is 0 Å². The molecule has 1 aliphatic carbocycles. The highest BCUT2D eigenvalue weighted by Crippen LogP contribution is 2.29. The van der Waals surface area contributed by atoms with Gasteiger partial charge in [-0.05, 0) is 43.4 Å². The SMILES string of the molecule is Cc1ccc(C(=O)N(C)CC2CC2)cc1N. The Hall–Kier alpha value is -1.51. The molecule has 3 nitrogen and oxygen atoms in total. The number of nitrogens with two attached hydrogens (primary N) is 1. The third-order valence-corrected chi connectivity index (χ3v) is 3.10. The maximum atomic E-state index is 12.0. The lowest BCUT2D eigenvalue weighted by Crippen LogP contribution is -2.28. The summed E-state index contributed by atoms with van der Waals surface area (Å²) in [5.74, 6) is 0.787. The molecule has 0 spiro atoms. The number of amides is 1. The summed E-state index contributed by atoms with van der Waals surface area (Å²) in [6.45, 7) is 2.81. The van der Waals surface area contributed by atoms with Crippen LogP contribution in [0.15, 0.2) is 18.2 Å². The Bertz CT molecular complexity index is 410. The van der Waals surface area contributed by atoms with E-state index in [1.54, 1.807) is 11.0 Å². The van der Waals surface area contributed by atoms with Gasteiger partial charge in [0.2, 0.25) is 0 Å². The van der Waals surface area contributed by atoms with E-state index in [0.717, 1.165) is 18.0 Å². The lowest BCUT2D eigenvalue weighted by molar-refractivity contribution is 0.0789. The Labute approximate surface area is 96.2 Å². The van der Waals surface area contributed by atoms with Gasteiger partial charge in [-0.25, -0.2) is 0 Å². The van der Waals surface area contributed by atoms with Crippen molar-refractivity contribution in [3.63, 3.8) is 0 Å². The standard InChI is InChI=1S/C13H18N2O/c1-9-3-6-11(7-12(9)14)13(16)15(2)8-10-4-5-10/h3,6-7,10H,4-5,8,14H2,1-2H3. The summed E-state index contributed by atoms with van der Waals surface area (Å²) in [5, 5.41) is 0. The molecule has 16 heavy (non-hydrogen) atoms. The minimum Gasteiger partial charge on any atom is -0.398 e. The van der Waals surface area contributed by atoms with Gasteiger partial charge in [0.15, 0.2) is 0 Å². The largest absolute Gasteiger partial charge is 0.398 e. The normalized spacial score (nSPS) is 14.9. The van der Waals surface area contributed by atoms with Crippen molar-refractivity contribution in [3.8, 4) is 0 Å². The van der Waals surface area contributed by atoms with Crippen molar-refractivity contribution in [2.75, 3.05) is 19.3 Å². The highest BCUT2D eigenvalue weighted by molar-refractivity contribution is 5.95. The molecular formula is C13H18N2O.